The van der Waals surface area contributed by atoms with E-state index in [-0.39, 0.29) is 17.8 Å². The van der Waals surface area contributed by atoms with E-state index in [1.807, 2.05) is 0 Å². The molecule has 0 radical (unpaired) electrons. The van der Waals surface area contributed by atoms with Crippen LogP contribution < -0.4 is 14.2 Å². The van der Waals surface area contributed by atoms with Crippen LogP contribution >= 0.6 is 0 Å². The molecule has 2 aliphatic carbocycles. The van der Waals surface area contributed by atoms with Crippen LogP contribution in [-0.2, 0) is 9.47 Å². The zero-order valence-corrected chi connectivity index (χ0v) is 18.8. The van der Waals surface area contributed by atoms with Gasteiger partial charge in [0.05, 0.1) is 31.5 Å². The molecule has 9 nitrogen and oxygen atoms in total. The molecule has 33 heavy (non-hydrogen) atoms. The minimum absolute atomic E-state index is 0.0327. The fraction of sp³-hybridized carbons (Fsp3) is 0.708. The Bertz CT molecular complexity index is 875. The zero-order valence-electron chi connectivity index (χ0n) is 18.8. The molecule has 5 rings (SSSR count). The summed E-state index contributed by atoms with van der Waals surface area (Å²) in [5, 5.41) is 30.7. The Hall–Kier alpha value is -2.07. The van der Waals surface area contributed by atoms with Crippen LogP contribution in [0.25, 0.3) is 0 Å². The van der Waals surface area contributed by atoms with Gasteiger partial charge in [-0.25, -0.2) is 4.79 Å². The van der Waals surface area contributed by atoms with Gasteiger partial charge in [-0.15, -0.1) is 0 Å². The number of esters is 1. The average Bonchev–Trinajstić information content (AvgIpc) is 3.51. The maximum absolute atomic E-state index is 13.1. The van der Waals surface area contributed by atoms with Crippen molar-refractivity contribution in [3.05, 3.63) is 17.2 Å². The average molecular weight is 465 g/mol. The third kappa shape index (κ3) is 4.05. The fourth-order valence-electron chi connectivity index (χ4n) is 5.48. The van der Waals surface area contributed by atoms with Crippen LogP contribution in [0.3, 0.4) is 0 Å². The Morgan fingerprint density at radius 1 is 0.970 bits per heavy atom. The first-order valence-electron chi connectivity index (χ1n) is 11.9. The van der Waals surface area contributed by atoms with Gasteiger partial charge in [-0.05, 0) is 57.4 Å². The van der Waals surface area contributed by atoms with Crippen LogP contribution in [0.5, 0.6) is 17.2 Å². The molecule has 0 bridgehead atoms. The molecular weight excluding hydrogens is 432 g/mol. The van der Waals surface area contributed by atoms with E-state index in [9.17, 15) is 20.1 Å². The molecule has 182 valence electrons. The van der Waals surface area contributed by atoms with Gasteiger partial charge in [0.15, 0.2) is 17.6 Å². The van der Waals surface area contributed by atoms with Gasteiger partial charge < -0.3 is 39.0 Å². The van der Waals surface area contributed by atoms with Crippen LogP contribution in [0.2, 0.25) is 0 Å². The second-order valence-electron chi connectivity index (χ2n) is 9.38. The predicted molar refractivity (Wildman–Crippen MR) is 115 cm³/mol. The second-order valence-corrected chi connectivity index (χ2v) is 9.38. The summed E-state index contributed by atoms with van der Waals surface area (Å²) in [6, 6.07) is 1.60. The monoisotopic (exact) mass is 464 g/mol. The van der Waals surface area contributed by atoms with E-state index >= 15 is 0 Å². The highest BCUT2D eigenvalue weighted by atomic mass is 16.6. The Kier molecular flexibility index (Phi) is 6.39. The van der Waals surface area contributed by atoms with Crippen molar-refractivity contribution in [3.63, 3.8) is 0 Å². The van der Waals surface area contributed by atoms with Crippen molar-refractivity contribution in [3.8, 4) is 17.2 Å². The van der Waals surface area contributed by atoms with E-state index in [4.69, 9.17) is 23.7 Å². The quantitative estimate of drug-likeness (QED) is 0.543. The normalized spacial score (nSPS) is 32.2. The summed E-state index contributed by atoms with van der Waals surface area (Å²) in [4.78, 5) is 13.1. The van der Waals surface area contributed by atoms with Gasteiger partial charge in [0.25, 0.3) is 0 Å². The summed E-state index contributed by atoms with van der Waals surface area (Å²) in [7, 11) is 1.53. The number of rotatable bonds is 6. The van der Waals surface area contributed by atoms with Gasteiger partial charge in [-0.1, -0.05) is 0 Å². The van der Waals surface area contributed by atoms with Gasteiger partial charge >= 0.3 is 5.97 Å². The first kappa shape index (κ1) is 22.7. The second kappa shape index (κ2) is 9.29. The molecule has 2 saturated carbocycles. The van der Waals surface area contributed by atoms with Crippen LogP contribution in [0.1, 0.15) is 73.4 Å². The van der Waals surface area contributed by atoms with Gasteiger partial charge in [-0.2, -0.15) is 0 Å². The number of hydrogen-bond acceptors (Lipinski definition) is 9. The third-order valence-corrected chi connectivity index (χ3v) is 7.24. The lowest BCUT2D eigenvalue weighted by molar-refractivity contribution is -0.235. The molecule has 1 saturated heterocycles. The standard InChI is InChI=1S/C24H32O9/c1-29-20-15(30-12-6-2-3-7-12)10-14-17(21(20)31-13-8-4-5-9-13)22-23(33-24(14)28)19(27)18(26)16(11-25)32-22/h10,12-13,16,18-19,22-23,25-27H,2-9,11H2,1H3/t16-,18-,19+,22+,23-/m1/s1. The lowest BCUT2D eigenvalue weighted by Crippen LogP contribution is -2.58. The van der Waals surface area contributed by atoms with Crippen molar-refractivity contribution < 1.29 is 43.8 Å². The van der Waals surface area contributed by atoms with Crippen LogP contribution in [0.4, 0.5) is 0 Å². The highest BCUT2D eigenvalue weighted by Crippen LogP contribution is 2.52. The van der Waals surface area contributed by atoms with E-state index < -0.39 is 43.1 Å². The van der Waals surface area contributed by atoms with E-state index in [2.05, 4.69) is 0 Å². The molecule has 1 aromatic rings. The van der Waals surface area contributed by atoms with E-state index in [0.29, 0.717) is 22.8 Å². The number of benzene rings is 1. The maximum atomic E-state index is 13.1. The number of hydrogen-bond donors (Lipinski definition) is 3. The smallest absolute Gasteiger partial charge is 0.339 e. The molecule has 9 heteroatoms. The molecule has 3 N–H and O–H groups in total. The lowest BCUT2D eigenvalue weighted by Gasteiger charge is -2.45. The molecule has 0 unspecified atom stereocenters. The van der Waals surface area contributed by atoms with Gasteiger partial charge in [-0.3, -0.25) is 0 Å². The Morgan fingerprint density at radius 3 is 2.21 bits per heavy atom. The van der Waals surface area contributed by atoms with Crippen LogP contribution in [0.15, 0.2) is 6.07 Å². The number of fused-ring (bicyclic) bond motifs is 3. The SMILES string of the molecule is COc1c(OC2CCCC2)cc2c(c1OC1CCCC1)[C@@H]1O[C@H](CO)[C@@H](O)[C@H](O)[C@H]1OC2=O. The summed E-state index contributed by atoms with van der Waals surface area (Å²) in [6.45, 7) is -0.496. The molecule has 0 spiro atoms. The van der Waals surface area contributed by atoms with Crippen molar-refractivity contribution in [2.45, 2.75) is 94.1 Å². The Morgan fingerprint density at radius 2 is 1.61 bits per heavy atom. The van der Waals surface area contributed by atoms with Crippen molar-refractivity contribution in [2.75, 3.05) is 13.7 Å². The Labute approximate surface area is 192 Å². The van der Waals surface area contributed by atoms with E-state index in [0.717, 1.165) is 51.4 Å². The zero-order chi connectivity index (χ0) is 23.1. The molecule has 0 amide bonds. The summed E-state index contributed by atoms with van der Waals surface area (Å²) >= 11 is 0. The van der Waals surface area contributed by atoms with E-state index in [1.165, 1.54) is 7.11 Å². The molecule has 0 aromatic heterocycles. The maximum Gasteiger partial charge on any atom is 0.339 e. The topological polar surface area (TPSA) is 124 Å². The molecule has 5 atom stereocenters. The van der Waals surface area contributed by atoms with Crippen molar-refractivity contribution >= 4 is 5.97 Å². The van der Waals surface area contributed by atoms with Gasteiger partial charge in [0.2, 0.25) is 5.75 Å². The highest BCUT2D eigenvalue weighted by molar-refractivity contribution is 5.95. The van der Waals surface area contributed by atoms with Gasteiger partial charge in [0, 0.05) is 5.56 Å². The number of carbonyl (C=O) groups excluding carboxylic acids is 1. The summed E-state index contributed by atoms with van der Waals surface area (Å²) in [6.07, 6.45) is 1.97. The number of aliphatic hydroxyl groups excluding tert-OH is 3. The van der Waals surface area contributed by atoms with Crippen LogP contribution in [-0.4, -0.2) is 71.6 Å². The molecule has 2 heterocycles. The molecule has 1 aromatic carbocycles. The van der Waals surface area contributed by atoms with E-state index in [1.54, 1.807) is 6.07 Å². The molecule has 4 aliphatic rings. The van der Waals surface area contributed by atoms with Crippen LogP contribution in [0, 0.1) is 0 Å². The Balaban J connectivity index is 1.62. The van der Waals surface area contributed by atoms with Crippen molar-refractivity contribution in [2.24, 2.45) is 0 Å². The summed E-state index contributed by atoms with van der Waals surface area (Å²) in [5.41, 5.74) is 0.626. The van der Waals surface area contributed by atoms with Crippen molar-refractivity contribution in [1.82, 2.24) is 0 Å². The third-order valence-electron chi connectivity index (χ3n) is 7.24. The number of aliphatic hydroxyl groups is 3. The van der Waals surface area contributed by atoms with Crippen molar-refractivity contribution in [1.29, 1.82) is 0 Å². The number of methoxy groups -OCH3 is 1. The minimum Gasteiger partial charge on any atom is -0.490 e. The minimum atomic E-state index is -1.42. The molecule has 2 aliphatic heterocycles. The largest absolute Gasteiger partial charge is 0.490 e. The number of ether oxygens (including phenoxy) is 5. The number of carbonyl (C=O) groups is 1. The fourth-order valence-corrected chi connectivity index (χ4v) is 5.48. The lowest BCUT2D eigenvalue weighted by atomic mass is 9.86. The molecular formula is C24H32O9. The summed E-state index contributed by atoms with van der Waals surface area (Å²) in [5.74, 6) is 0.493. The first-order valence-corrected chi connectivity index (χ1v) is 11.9. The van der Waals surface area contributed by atoms with Gasteiger partial charge in [0.1, 0.15) is 24.4 Å². The summed E-state index contributed by atoms with van der Waals surface area (Å²) < 4.78 is 29.9. The molecule has 3 fully saturated rings. The predicted octanol–water partition coefficient (Wildman–Crippen LogP) is 2.03. The first-order chi connectivity index (χ1) is 16.0. The highest BCUT2D eigenvalue weighted by Gasteiger charge is 2.52.